The van der Waals surface area contributed by atoms with Crippen LogP contribution in [0.5, 0.6) is 11.5 Å². The zero-order chi connectivity index (χ0) is 25.7. The second-order valence-electron chi connectivity index (χ2n) is 7.71. The summed E-state index contributed by atoms with van der Waals surface area (Å²) >= 11 is 10.5. The van der Waals surface area contributed by atoms with Gasteiger partial charge in [-0.3, -0.25) is 4.79 Å². The molecular formula is C28H19ClI2N2O3. The fourth-order valence-corrected chi connectivity index (χ4v) is 5.95. The molecule has 1 N–H and O–H groups in total. The summed E-state index contributed by atoms with van der Waals surface area (Å²) < 4.78 is 13.2. The topological polar surface area (TPSA) is 71.3 Å². The van der Waals surface area contributed by atoms with Crippen molar-refractivity contribution in [1.82, 2.24) is 0 Å². The van der Waals surface area contributed by atoms with E-state index in [1.807, 2.05) is 36.4 Å². The van der Waals surface area contributed by atoms with Crippen LogP contribution in [-0.2, 0) is 11.4 Å². The van der Waals surface area contributed by atoms with Crippen LogP contribution in [0, 0.1) is 18.5 Å². The van der Waals surface area contributed by atoms with Crippen molar-refractivity contribution in [1.29, 1.82) is 5.26 Å². The average Bonchev–Trinajstić information content (AvgIpc) is 2.87. The van der Waals surface area contributed by atoms with Gasteiger partial charge in [-0.1, -0.05) is 54.1 Å². The van der Waals surface area contributed by atoms with Crippen molar-refractivity contribution < 1.29 is 14.3 Å². The maximum atomic E-state index is 12.8. The van der Waals surface area contributed by atoms with Crippen LogP contribution in [-0.4, -0.2) is 13.0 Å². The molecule has 5 nitrogen and oxygen atoms in total. The molecule has 1 amide bonds. The molecule has 0 radical (unpaired) electrons. The van der Waals surface area contributed by atoms with E-state index in [9.17, 15) is 10.1 Å². The monoisotopic (exact) mass is 720 g/mol. The highest BCUT2D eigenvalue weighted by Crippen LogP contribution is 2.32. The first-order chi connectivity index (χ1) is 17.4. The summed E-state index contributed by atoms with van der Waals surface area (Å²) in [6.07, 6.45) is 1.55. The van der Waals surface area contributed by atoms with E-state index in [4.69, 9.17) is 21.1 Å². The molecule has 0 aliphatic carbocycles. The molecule has 36 heavy (non-hydrogen) atoms. The van der Waals surface area contributed by atoms with Gasteiger partial charge < -0.3 is 14.8 Å². The Morgan fingerprint density at radius 1 is 1.06 bits per heavy atom. The van der Waals surface area contributed by atoms with E-state index < -0.39 is 5.91 Å². The lowest BCUT2D eigenvalue weighted by molar-refractivity contribution is -0.112. The minimum atomic E-state index is -0.556. The van der Waals surface area contributed by atoms with Gasteiger partial charge in [-0.15, -0.1) is 0 Å². The fourth-order valence-electron chi connectivity index (χ4n) is 3.65. The van der Waals surface area contributed by atoms with Crippen LogP contribution in [0.2, 0.25) is 5.02 Å². The Morgan fingerprint density at radius 3 is 2.50 bits per heavy atom. The zero-order valence-electron chi connectivity index (χ0n) is 19.0. The van der Waals surface area contributed by atoms with Crippen molar-refractivity contribution in [3.63, 3.8) is 0 Å². The van der Waals surface area contributed by atoms with E-state index in [0.717, 1.165) is 23.8 Å². The lowest BCUT2D eigenvalue weighted by Crippen LogP contribution is -2.14. The number of amides is 1. The van der Waals surface area contributed by atoms with Crippen LogP contribution < -0.4 is 14.8 Å². The number of anilines is 1. The normalized spacial score (nSPS) is 11.1. The van der Waals surface area contributed by atoms with Crippen molar-refractivity contribution in [3.05, 3.63) is 102 Å². The Labute approximate surface area is 241 Å². The minimum Gasteiger partial charge on any atom is -0.495 e. The molecule has 4 aromatic carbocycles. The summed E-state index contributed by atoms with van der Waals surface area (Å²) in [6.45, 7) is 0.426. The van der Waals surface area contributed by atoms with Gasteiger partial charge in [0, 0.05) is 5.02 Å². The quantitative estimate of drug-likeness (QED) is 0.120. The molecule has 0 aromatic heterocycles. The van der Waals surface area contributed by atoms with Crippen LogP contribution in [0.15, 0.2) is 78.4 Å². The summed E-state index contributed by atoms with van der Waals surface area (Å²) in [6, 6.07) is 25.0. The van der Waals surface area contributed by atoms with Gasteiger partial charge in [-0.05, 0) is 103 Å². The van der Waals surface area contributed by atoms with Gasteiger partial charge >= 0.3 is 0 Å². The Morgan fingerprint density at radius 2 is 1.78 bits per heavy atom. The summed E-state index contributed by atoms with van der Waals surface area (Å²) in [4.78, 5) is 12.8. The SMILES string of the molecule is COc1ccc(Cl)cc1NC(=O)/C(C#N)=C/c1cc(I)c(OCc2cccc3ccccc23)c(I)c1. The molecule has 0 aliphatic rings. The minimum absolute atomic E-state index is 0.0481. The van der Waals surface area contributed by atoms with Gasteiger partial charge in [-0.2, -0.15) is 5.26 Å². The number of nitrogens with one attached hydrogen (secondary N) is 1. The number of hydrogen-bond acceptors (Lipinski definition) is 4. The van der Waals surface area contributed by atoms with Crippen molar-refractivity contribution >= 4 is 85.2 Å². The molecular weight excluding hydrogens is 702 g/mol. The number of methoxy groups -OCH3 is 1. The Kier molecular flexibility index (Phi) is 8.72. The summed E-state index contributed by atoms with van der Waals surface area (Å²) in [5, 5.41) is 15.1. The second-order valence-corrected chi connectivity index (χ2v) is 10.5. The van der Waals surface area contributed by atoms with Crippen LogP contribution in [0.4, 0.5) is 5.69 Å². The molecule has 8 heteroatoms. The lowest BCUT2D eigenvalue weighted by atomic mass is 10.1. The van der Waals surface area contributed by atoms with Crippen molar-refractivity contribution in [2.45, 2.75) is 6.61 Å². The Bertz CT molecular complexity index is 1500. The first-order valence-corrected chi connectivity index (χ1v) is 13.3. The highest BCUT2D eigenvalue weighted by atomic mass is 127. The predicted octanol–water partition coefficient (Wildman–Crippen LogP) is 7.84. The first kappa shape index (κ1) is 26.3. The van der Waals surface area contributed by atoms with Crippen LogP contribution in [0.3, 0.4) is 0 Å². The first-order valence-electron chi connectivity index (χ1n) is 10.7. The van der Waals surface area contributed by atoms with Crippen LogP contribution in [0.1, 0.15) is 11.1 Å². The zero-order valence-corrected chi connectivity index (χ0v) is 24.1. The van der Waals surface area contributed by atoms with Crippen molar-refractivity contribution in [2.24, 2.45) is 0 Å². The van der Waals surface area contributed by atoms with Gasteiger partial charge in [0.05, 0.1) is 19.9 Å². The number of fused-ring (bicyclic) bond motifs is 1. The van der Waals surface area contributed by atoms with E-state index in [0.29, 0.717) is 28.6 Å². The second kappa shape index (κ2) is 12.0. The Balaban J connectivity index is 1.54. The number of benzene rings is 4. The maximum absolute atomic E-state index is 12.8. The number of carbonyl (C=O) groups is 1. The largest absolute Gasteiger partial charge is 0.495 e. The Hall–Kier alpha value is -2.81. The molecule has 0 saturated heterocycles. The lowest BCUT2D eigenvalue weighted by Gasteiger charge is -2.13. The third kappa shape index (κ3) is 6.11. The highest BCUT2D eigenvalue weighted by Gasteiger charge is 2.15. The van der Waals surface area contributed by atoms with Gasteiger partial charge in [0.25, 0.3) is 5.91 Å². The molecule has 0 aliphatic heterocycles. The van der Waals surface area contributed by atoms with E-state index in [2.05, 4.69) is 74.8 Å². The van der Waals surface area contributed by atoms with Gasteiger partial charge in [0.15, 0.2) is 0 Å². The molecule has 180 valence electrons. The van der Waals surface area contributed by atoms with E-state index in [1.165, 1.54) is 12.5 Å². The standard InChI is InChI=1S/C28H19ClI2N2O3/c1-35-26-10-9-21(29)14-25(26)33-28(34)20(15-32)11-17-12-23(30)27(24(31)13-17)36-16-19-7-4-6-18-5-2-3-8-22(18)19/h2-14H,16H2,1H3,(H,33,34)/b20-11+. The molecule has 0 heterocycles. The van der Waals surface area contributed by atoms with Gasteiger partial charge in [-0.25, -0.2) is 0 Å². The third-order valence-electron chi connectivity index (χ3n) is 5.36. The number of rotatable bonds is 7. The molecule has 0 saturated carbocycles. The van der Waals surface area contributed by atoms with E-state index in [-0.39, 0.29) is 5.57 Å². The number of nitrogens with zero attached hydrogens (tertiary/aromatic N) is 1. The number of halogens is 3. The fraction of sp³-hybridized carbons (Fsp3) is 0.0714. The van der Waals surface area contributed by atoms with Gasteiger partial charge in [0.2, 0.25) is 0 Å². The number of ether oxygens (including phenoxy) is 2. The average molecular weight is 721 g/mol. The summed E-state index contributed by atoms with van der Waals surface area (Å²) in [5.74, 6) is 0.647. The molecule has 4 aromatic rings. The van der Waals surface area contributed by atoms with Crippen LogP contribution >= 0.6 is 56.8 Å². The third-order valence-corrected chi connectivity index (χ3v) is 7.20. The van der Waals surface area contributed by atoms with Crippen molar-refractivity contribution in [2.75, 3.05) is 12.4 Å². The molecule has 0 fully saturated rings. The molecule has 0 atom stereocenters. The number of hydrogen-bond donors (Lipinski definition) is 1. The maximum Gasteiger partial charge on any atom is 0.266 e. The highest BCUT2D eigenvalue weighted by molar-refractivity contribution is 14.1. The summed E-state index contributed by atoms with van der Waals surface area (Å²) in [7, 11) is 1.49. The van der Waals surface area contributed by atoms with Crippen LogP contribution in [0.25, 0.3) is 16.8 Å². The molecule has 0 unspecified atom stereocenters. The van der Waals surface area contributed by atoms with Crippen molar-refractivity contribution in [3.8, 4) is 17.6 Å². The number of nitriles is 1. The predicted molar refractivity (Wildman–Crippen MR) is 160 cm³/mol. The molecule has 4 rings (SSSR count). The van der Waals surface area contributed by atoms with Gasteiger partial charge in [0.1, 0.15) is 29.7 Å². The molecule has 0 bridgehead atoms. The molecule has 0 spiro atoms. The number of carbonyl (C=O) groups excluding carboxylic acids is 1. The van der Waals surface area contributed by atoms with E-state index in [1.54, 1.807) is 24.3 Å². The smallest absolute Gasteiger partial charge is 0.266 e. The summed E-state index contributed by atoms with van der Waals surface area (Å²) in [5.41, 5.74) is 2.15. The van der Waals surface area contributed by atoms with E-state index >= 15 is 0 Å².